The minimum Gasteiger partial charge on any atom is -0.392 e. The van der Waals surface area contributed by atoms with Gasteiger partial charge >= 0.3 is 0 Å². The largest absolute Gasteiger partial charge is 0.392 e. The van der Waals surface area contributed by atoms with Crippen LogP contribution in [-0.2, 0) is 4.79 Å². The lowest BCUT2D eigenvalue weighted by Gasteiger charge is -2.36. The minimum absolute atomic E-state index is 0.0347. The van der Waals surface area contributed by atoms with Crippen molar-refractivity contribution in [1.29, 1.82) is 0 Å². The van der Waals surface area contributed by atoms with Crippen LogP contribution in [0.25, 0.3) is 0 Å². The van der Waals surface area contributed by atoms with Crippen LogP contribution in [0.4, 0.5) is 0 Å². The van der Waals surface area contributed by atoms with Crippen LogP contribution < -0.4 is 5.32 Å². The van der Waals surface area contributed by atoms with E-state index >= 15 is 0 Å². The van der Waals surface area contributed by atoms with Crippen LogP contribution in [0, 0.1) is 5.92 Å². The summed E-state index contributed by atoms with van der Waals surface area (Å²) in [6.45, 7) is 5.13. The summed E-state index contributed by atoms with van der Waals surface area (Å²) in [4.78, 5) is 10.7. The molecule has 0 radical (unpaired) electrons. The lowest BCUT2D eigenvalue weighted by molar-refractivity contribution is -0.138. The number of carbonyl (C=O) groups is 1. The summed E-state index contributed by atoms with van der Waals surface area (Å²) in [7, 11) is 0. The third kappa shape index (κ3) is 0.926. The van der Waals surface area contributed by atoms with Gasteiger partial charge < -0.3 is 10.4 Å². The molecule has 3 nitrogen and oxygen atoms in total. The van der Waals surface area contributed by atoms with Crippen molar-refractivity contribution in [3.05, 3.63) is 12.7 Å². The van der Waals surface area contributed by atoms with Gasteiger partial charge in [-0.2, -0.15) is 0 Å². The van der Waals surface area contributed by atoms with Gasteiger partial charge in [0.1, 0.15) is 0 Å². The Hall–Kier alpha value is -0.830. The summed E-state index contributed by atoms with van der Waals surface area (Å²) >= 11 is 0. The fourth-order valence-corrected chi connectivity index (χ4v) is 1.14. The van der Waals surface area contributed by atoms with E-state index in [0.717, 1.165) is 0 Å². The van der Waals surface area contributed by atoms with Gasteiger partial charge in [0.15, 0.2) is 0 Å². The molecule has 0 unspecified atom stereocenters. The quantitative estimate of drug-likeness (QED) is 0.408. The normalized spacial score (nSPS) is 34.0. The number of hydrogen-bond acceptors (Lipinski definition) is 2. The fourth-order valence-electron chi connectivity index (χ4n) is 1.14. The fraction of sp³-hybridized carbons (Fsp3) is 0.571. The molecule has 1 heterocycles. The number of carbonyl (C=O) groups excluding carboxylic acids is 1. The number of nitrogens with one attached hydrogen (secondary N) is 1. The molecule has 0 aromatic carbocycles. The molecule has 1 saturated heterocycles. The molecule has 0 aliphatic carbocycles. The average molecular weight is 141 g/mol. The topological polar surface area (TPSA) is 49.3 Å². The highest BCUT2D eigenvalue weighted by molar-refractivity contribution is 5.87. The first-order valence-electron chi connectivity index (χ1n) is 3.28. The summed E-state index contributed by atoms with van der Waals surface area (Å²) in [6, 6.07) is -0.0347. The van der Waals surface area contributed by atoms with E-state index in [-0.39, 0.29) is 17.9 Å². The summed E-state index contributed by atoms with van der Waals surface area (Å²) < 4.78 is 0. The maximum atomic E-state index is 10.7. The SMILES string of the molecule is C=C[C@H]1NC(=O)[C@@H]1[C@@H](C)O. The summed E-state index contributed by atoms with van der Waals surface area (Å²) in [5.74, 6) is -0.364. The average Bonchev–Trinajstić information content (AvgIpc) is 1.80. The van der Waals surface area contributed by atoms with Crippen molar-refractivity contribution in [2.75, 3.05) is 0 Å². The van der Waals surface area contributed by atoms with Crippen molar-refractivity contribution in [3.8, 4) is 0 Å². The van der Waals surface area contributed by atoms with Gasteiger partial charge in [0, 0.05) is 0 Å². The lowest BCUT2D eigenvalue weighted by atomic mass is 9.86. The maximum absolute atomic E-state index is 10.7. The molecular weight excluding hydrogens is 130 g/mol. The summed E-state index contributed by atoms with van der Waals surface area (Å²) in [5.41, 5.74) is 0. The van der Waals surface area contributed by atoms with Crippen LogP contribution >= 0.6 is 0 Å². The molecule has 0 saturated carbocycles. The van der Waals surface area contributed by atoms with Gasteiger partial charge in [0.05, 0.1) is 18.1 Å². The van der Waals surface area contributed by atoms with Crippen LogP contribution in [-0.4, -0.2) is 23.2 Å². The molecule has 1 aliphatic heterocycles. The molecule has 0 bridgehead atoms. The molecule has 0 aromatic rings. The third-order valence-corrected chi connectivity index (χ3v) is 1.77. The van der Waals surface area contributed by atoms with Crippen molar-refractivity contribution >= 4 is 5.91 Å². The number of amides is 1. The number of hydrogen-bond donors (Lipinski definition) is 2. The maximum Gasteiger partial charge on any atom is 0.228 e. The van der Waals surface area contributed by atoms with Gasteiger partial charge in [-0.15, -0.1) is 6.58 Å². The van der Waals surface area contributed by atoms with Gasteiger partial charge in [-0.3, -0.25) is 4.79 Å². The second-order valence-corrected chi connectivity index (χ2v) is 2.54. The molecule has 0 spiro atoms. The van der Waals surface area contributed by atoms with Crippen LogP contribution in [0.15, 0.2) is 12.7 Å². The second-order valence-electron chi connectivity index (χ2n) is 2.54. The zero-order chi connectivity index (χ0) is 7.72. The highest BCUT2D eigenvalue weighted by atomic mass is 16.3. The molecule has 3 heteroatoms. The predicted molar refractivity (Wildman–Crippen MR) is 37.3 cm³/mol. The van der Waals surface area contributed by atoms with Crippen molar-refractivity contribution < 1.29 is 9.90 Å². The smallest absolute Gasteiger partial charge is 0.228 e. The molecule has 1 amide bonds. The Kier molecular flexibility index (Phi) is 1.76. The van der Waals surface area contributed by atoms with E-state index in [9.17, 15) is 4.79 Å². The van der Waals surface area contributed by atoms with Gasteiger partial charge in [-0.05, 0) is 6.92 Å². The van der Waals surface area contributed by atoms with E-state index in [4.69, 9.17) is 5.11 Å². The number of rotatable bonds is 2. The Balaban J connectivity index is 2.55. The Bertz CT molecular complexity index is 165. The molecule has 10 heavy (non-hydrogen) atoms. The van der Waals surface area contributed by atoms with Crippen molar-refractivity contribution in [3.63, 3.8) is 0 Å². The van der Waals surface area contributed by atoms with Crippen LogP contribution in [0.3, 0.4) is 0 Å². The first kappa shape index (κ1) is 7.28. The van der Waals surface area contributed by atoms with Crippen LogP contribution in [0.1, 0.15) is 6.92 Å². The van der Waals surface area contributed by atoms with E-state index in [1.807, 2.05) is 0 Å². The molecule has 2 N–H and O–H groups in total. The van der Waals surface area contributed by atoms with Gasteiger partial charge in [-0.25, -0.2) is 0 Å². The molecule has 3 atom stereocenters. The van der Waals surface area contributed by atoms with E-state index in [0.29, 0.717) is 0 Å². The Morgan fingerprint density at radius 2 is 2.50 bits per heavy atom. The third-order valence-electron chi connectivity index (χ3n) is 1.77. The Morgan fingerprint density at radius 3 is 2.70 bits per heavy atom. The van der Waals surface area contributed by atoms with E-state index < -0.39 is 6.10 Å². The minimum atomic E-state index is -0.572. The van der Waals surface area contributed by atoms with Crippen LogP contribution in [0.2, 0.25) is 0 Å². The molecular formula is C7H11NO2. The first-order chi connectivity index (χ1) is 4.66. The highest BCUT2D eigenvalue weighted by Crippen LogP contribution is 2.19. The van der Waals surface area contributed by atoms with Crippen molar-refractivity contribution in [2.45, 2.75) is 19.1 Å². The predicted octanol–water partition coefficient (Wildman–Crippen LogP) is -0.332. The molecule has 0 aromatic heterocycles. The molecule has 1 rings (SSSR count). The Labute approximate surface area is 59.7 Å². The Morgan fingerprint density at radius 1 is 1.90 bits per heavy atom. The van der Waals surface area contributed by atoms with Gasteiger partial charge in [0.25, 0.3) is 0 Å². The number of aliphatic hydroxyl groups is 1. The van der Waals surface area contributed by atoms with Crippen molar-refractivity contribution in [1.82, 2.24) is 5.32 Å². The van der Waals surface area contributed by atoms with Gasteiger partial charge in [-0.1, -0.05) is 6.08 Å². The van der Waals surface area contributed by atoms with Crippen LogP contribution in [0.5, 0.6) is 0 Å². The summed E-state index contributed by atoms with van der Waals surface area (Å²) in [6.07, 6.45) is 1.07. The zero-order valence-electron chi connectivity index (χ0n) is 5.87. The zero-order valence-corrected chi connectivity index (χ0v) is 5.87. The van der Waals surface area contributed by atoms with E-state index in [1.165, 1.54) is 0 Å². The van der Waals surface area contributed by atoms with E-state index in [1.54, 1.807) is 13.0 Å². The van der Waals surface area contributed by atoms with Crippen molar-refractivity contribution in [2.24, 2.45) is 5.92 Å². The van der Waals surface area contributed by atoms with E-state index in [2.05, 4.69) is 11.9 Å². The number of aliphatic hydroxyl groups excluding tert-OH is 1. The highest BCUT2D eigenvalue weighted by Gasteiger charge is 2.40. The lowest BCUT2D eigenvalue weighted by Crippen LogP contribution is -2.60. The molecule has 1 fully saturated rings. The molecule has 56 valence electrons. The summed E-state index contributed by atoms with van der Waals surface area (Å²) in [5, 5.41) is 11.6. The molecule has 1 aliphatic rings. The second kappa shape index (κ2) is 2.42. The first-order valence-corrected chi connectivity index (χ1v) is 3.28. The van der Waals surface area contributed by atoms with Gasteiger partial charge in [0.2, 0.25) is 5.91 Å². The monoisotopic (exact) mass is 141 g/mol. The standard InChI is InChI=1S/C7H11NO2/c1-3-5-6(4(2)9)7(10)8-5/h3-6,9H,1H2,2H3,(H,8,10)/t4-,5-,6-/m1/s1. The number of β-lactam (4-membered cyclic amide) rings is 1.